The van der Waals surface area contributed by atoms with Gasteiger partial charge >= 0.3 is 0 Å². The summed E-state index contributed by atoms with van der Waals surface area (Å²) in [6, 6.07) is 8.30. The van der Waals surface area contributed by atoms with Crippen LogP contribution in [-0.4, -0.2) is 12.0 Å². The molecule has 0 unspecified atom stereocenters. The van der Waals surface area contributed by atoms with Gasteiger partial charge in [0.1, 0.15) is 0 Å². The van der Waals surface area contributed by atoms with Crippen molar-refractivity contribution in [2.45, 2.75) is 6.92 Å². The molecule has 0 aliphatic carbocycles. The van der Waals surface area contributed by atoms with E-state index in [1.165, 1.54) is 5.56 Å². The second-order valence-corrected chi connectivity index (χ2v) is 4.81. The van der Waals surface area contributed by atoms with Crippen LogP contribution in [0.15, 0.2) is 41.1 Å². The molecule has 0 aliphatic heterocycles. The minimum atomic E-state index is 0.655. The normalized spacial score (nSPS) is 10.3. The molecule has 2 aromatic rings. The number of nitrogens with zero attached hydrogens (tertiary/aromatic N) is 2. The summed E-state index contributed by atoms with van der Waals surface area (Å²) in [5, 5.41) is 0. The molecule has 0 radical (unpaired) electrons. The maximum Gasteiger partial charge on any atom is 0.0817 e. The van der Waals surface area contributed by atoms with Crippen molar-refractivity contribution < 1.29 is 0 Å². The molecular weight excluding hydrogens is 278 g/mol. The zero-order valence-corrected chi connectivity index (χ0v) is 11.4. The number of nitrogens with two attached hydrogens (primary N) is 1. The summed E-state index contributed by atoms with van der Waals surface area (Å²) in [4.78, 5) is 6.08. The Morgan fingerprint density at radius 2 is 1.82 bits per heavy atom. The lowest BCUT2D eigenvalue weighted by Gasteiger charge is -2.22. The first-order chi connectivity index (χ1) is 8.09. The highest BCUT2D eigenvalue weighted by molar-refractivity contribution is 9.10. The van der Waals surface area contributed by atoms with Crippen molar-refractivity contribution >= 4 is 33.0 Å². The van der Waals surface area contributed by atoms with Crippen molar-refractivity contribution in [1.82, 2.24) is 4.98 Å². The second-order valence-electron chi connectivity index (χ2n) is 3.95. The van der Waals surface area contributed by atoms with E-state index in [0.717, 1.165) is 15.8 Å². The average Bonchev–Trinajstić information content (AvgIpc) is 2.29. The summed E-state index contributed by atoms with van der Waals surface area (Å²) in [6.07, 6.45) is 3.40. The van der Waals surface area contributed by atoms with Crippen molar-refractivity contribution in [3.8, 4) is 0 Å². The van der Waals surface area contributed by atoms with Crippen LogP contribution < -0.4 is 10.6 Å². The number of hydrogen-bond donors (Lipinski definition) is 1. The fourth-order valence-corrected chi connectivity index (χ4v) is 2.31. The van der Waals surface area contributed by atoms with Crippen LogP contribution in [0.5, 0.6) is 0 Å². The van der Waals surface area contributed by atoms with Crippen LogP contribution >= 0.6 is 15.9 Å². The molecule has 0 spiro atoms. The van der Waals surface area contributed by atoms with Crippen LogP contribution in [0, 0.1) is 6.92 Å². The van der Waals surface area contributed by atoms with Crippen molar-refractivity contribution in [2.24, 2.45) is 0 Å². The van der Waals surface area contributed by atoms with Crippen molar-refractivity contribution in [2.75, 3.05) is 17.7 Å². The van der Waals surface area contributed by atoms with E-state index in [-0.39, 0.29) is 0 Å². The van der Waals surface area contributed by atoms with E-state index < -0.39 is 0 Å². The first-order valence-corrected chi connectivity index (χ1v) is 6.08. The lowest BCUT2D eigenvalue weighted by atomic mass is 10.2. The Morgan fingerprint density at radius 3 is 2.41 bits per heavy atom. The number of nitrogen functional groups attached to an aromatic ring is 1. The molecule has 88 valence electrons. The van der Waals surface area contributed by atoms with Gasteiger partial charge in [-0.15, -0.1) is 0 Å². The molecule has 3 nitrogen and oxygen atoms in total. The lowest BCUT2D eigenvalue weighted by Crippen LogP contribution is -2.12. The number of benzene rings is 1. The van der Waals surface area contributed by atoms with E-state index >= 15 is 0 Å². The highest BCUT2D eigenvalue weighted by atomic mass is 79.9. The molecule has 1 heterocycles. The van der Waals surface area contributed by atoms with Crippen molar-refractivity contribution in [3.63, 3.8) is 0 Å². The van der Waals surface area contributed by atoms with Gasteiger partial charge < -0.3 is 10.6 Å². The molecule has 17 heavy (non-hydrogen) atoms. The molecular formula is C13H14BrN3. The van der Waals surface area contributed by atoms with Crippen molar-refractivity contribution in [1.29, 1.82) is 0 Å². The Kier molecular flexibility index (Phi) is 3.33. The molecule has 0 amide bonds. The van der Waals surface area contributed by atoms with Crippen molar-refractivity contribution in [3.05, 3.63) is 46.7 Å². The van der Waals surface area contributed by atoms with Gasteiger partial charge in [0.25, 0.3) is 0 Å². The molecule has 0 saturated heterocycles. The van der Waals surface area contributed by atoms with E-state index in [1.807, 2.05) is 11.9 Å². The molecule has 1 aromatic carbocycles. The summed E-state index contributed by atoms with van der Waals surface area (Å²) in [6.45, 7) is 2.07. The zero-order chi connectivity index (χ0) is 12.4. The smallest absolute Gasteiger partial charge is 0.0817 e. The maximum absolute atomic E-state index is 5.96. The highest BCUT2D eigenvalue weighted by Crippen LogP contribution is 2.34. The number of halogens is 1. The first kappa shape index (κ1) is 11.9. The third kappa shape index (κ3) is 2.42. The van der Waals surface area contributed by atoms with E-state index in [4.69, 9.17) is 5.73 Å². The van der Waals surface area contributed by atoms with Gasteiger partial charge in [-0.1, -0.05) is 17.7 Å². The summed E-state index contributed by atoms with van der Waals surface area (Å²) < 4.78 is 0.889. The van der Waals surface area contributed by atoms with Gasteiger partial charge in [0.15, 0.2) is 0 Å². The Labute approximate surface area is 109 Å². The highest BCUT2D eigenvalue weighted by Gasteiger charge is 2.11. The largest absolute Gasteiger partial charge is 0.396 e. The average molecular weight is 292 g/mol. The minimum Gasteiger partial charge on any atom is -0.396 e. The third-order valence-electron chi connectivity index (χ3n) is 2.66. The maximum atomic E-state index is 5.96. The van der Waals surface area contributed by atoms with E-state index in [0.29, 0.717) is 5.69 Å². The van der Waals surface area contributed by atoms with Gasteiger partial charge in [-0.05, 0) is 35.0 Å². The molecule has 1 aromatic heterocycles. The van der Waals surface area contributed by atoms with Crippen LogP contribution in [0.3, 0.4) is 0 Å². The van der Waals surface area contributed by atoms with Crippen LogP contribution in [0.1, 0.15) is 5.56 Å². The van der Waals surface area contributed by atoms with Gasteiger partial charge in [-0.25, -0.2) is 0 Å². The fourth-order valence-electron chi connectivity index (χ4n) is 1.69. The molecule has 0 aliphatic rings. The van der Waals surface area contributed by atoms with Gasteiger partial charge in [-0.2, -0.15) is 0 Å². The number of pyridine rings is 1. The molecule has 0 saturated carbocycles. The van der Waals surface area contributed by atoms with Gasteiger partial charge in [-0.3, -0.25) is 4.98 Å². The lowest BCUT2D eigenvalue weighted by molar-refractivity contribution is 1.17. The molecule has 4 heteroatoms. The number of anilines is 3. The molecule has 2 N–H and O–H groups in total. The summed E-state index contributed by atoms with van der Waals surface area (Å²) in [5.74, 6) is 0. The molecule has 0 fully saturated rings. The van der Waals surface area contributed by atoms with Gasteiger partial charge in [0.05, 0.1) is 22.0 Å². The Morgan fingerprint density at radius 1 is 1.18 bits per heavy atom. The zero-order valence-electron chi connectivity index (χ0n) is 9.81. The Hall–Kier alpha value is -1.55. The van der Waals surface area contributed by atoms with E-state index in [2.05, 4.69) is 52.1 Å². The first-order valence-electron chi connectivity index (χ1n) is 5.29. The quantitative estimate of drug-likeness (QED) is 0.921. The fraction of sp³-hybridized carbons (Fsp3) is 0.154. The summed E-state index contributed by atoms with van der Waals surface area (Å²) >= 11 is 3.48. The second kappa shape index (κ2) is 4.75. The summed E-state index contributed by atoms with van der Waals surface area (Å²) in [5.41, 5.74) is 9.88. The van der Waals surface area contributed by atoms with Gasteiger partial charge in [0.2, 0.25) is 0 Å². The Bertz CT molecular complexity index is 502. The Balaban J connectivity index is 2.43. The predicted molar refractivity (Wildman–Crippen MR) is 75.6 cm³/mol. The van der Waals surface area contributed by atoms with Gasteiger partial charge in [0, 0.05) is 18.9 Å². The monoisotopic (exact) mass is 291 g/mol. The van der Waals surface area contributed by atoms with Crippen LogP contribution in [0.4, 0.5) is 17.1 Å². The van der Waals surface area contributed by atoms with E-state index in [1.54, 1.807) is 12.4 Å². The molecule has 0 bridgehead atoms. The third-order valence-corrected chi connectivity index (χ3v) is 3.24. The van der Waals surface area contributed by atoms with E-state index in [9.17, 15) is 0 Å². The number of rotatable bonds is 2. The number of aryl methyl sites for hydroxylation is 1. The number of aromatic nitrogens is 1. The van der Waals surface area contributed by atoms with Crippen LogP contribution in [0.25, 0.3) is 0 Å². The SMILES string of the molecule is Cc1ccc(N(C)c2c(N)cncc2Br)cc1. The van der Waals surface area contributed by atoms with Crippen LogP contribution in [-0.2, 0) is 0 Å². The molecule has 2 rings (SSSR count). The predicted octanol–water partition coefficient (Wildman–Crippen LogP) is 3.50. The standard InChI is InChI=1S/C13H14BrN3/c1-9-3-5-10(6-4-9)17(2)13-11(14)7-16-8-12(13)15/h3-8H,15H2,1-2H3. The molecule has 0 atom stereocenters. The topological polar surface area (TPSA) is 42.1 Å². The minimum absolute atomic E-state index is 0.655. The number of hydrogen-bond acceptors (Lipinski definition) is 3. The summed E-state index contributed by atoms with van der Waals surface area (Å²) in [7, 11) is 1.99. The van der Waals surface area contributed by atoms with Crippen LogP contribution in [0.2, 0.25) is 0 Å².